The number of likely N-dealkylation sites (N-methyl/N-ethyl adjacent to an activating group) is 1. The van der Waals surface area contributed by atoms with E-state index in [4.69, 9.17) is 15.1 Å². The molecule has 9 nitrogen and oxygen atoms in total. The molecule has 0 bridgehead atoms. The minimum absolute atomic E-state index is 0.0288. The Balaban J connectivity index is 1.42. The van der Waals surface area contributed by atoms with Gasteiger partial charge >= 0.3 is 0 Å². The molecule has 0 unspecified atom stereocenters. The molecule has 2 atom stereocenters. The molecule has 10 heteroatoms. The van der Waals surface area contributed by atoms with E-state index in [-0.39, 0.29) is 23.8 Å². The van der Waals surface area contributed by atoms with Gasteiger partial charge in [-0.25, -0.2) is 9.37 Å². The normalized spacial score (nSPS) is 21.0. The Hall–Kier alpha value is -4.05. The summed E-state index contributed by atoms with van der Waals surface area (Å²) in [4.78, 5) is 31.1. The molecule has 4 aromatic rings. The Morgan fingerprint density at radius 2 is 1.77 bits per heavy atom. The predicted molar refractivity (Wildman–Crippen MR) is 174 cm³/mol. The molecule has 7 rings (SSSR count). The van der Waals surface area contributed by atoms with Crippen molar-refractivity contribution in [2.75, 3.05) is 50.1 Å². The van der Waals surface area contributed by atoms with Crippen LogP contribution in [0, 0.1) is 19.7 Å². The Morgan fingerprint density at radius 1 is 1.02 bits per heavy atom. The Kier molecular flexibility index (Phi) is 6.88. The van der Waals surface area contributed by atoms with E-state index in [9.17, 15) is 4.79 Å². The summed E-state index contributed by atoms with van der Waals surface area (Å²) in [7, 11) is 4.15. The number of benzene rings is 2. The molecular weight excluding hydrogens is 555 g/mol. The molecule has 2 saturated heterocycles. The van der Waals surface area contributed by atoms with E-state index < -0.39 is 0 Å². The van der Waals surface area contributed by atoms with Crippen molar-refractivity contribution in [1.82, 2.24) is 29.5 Å². The highest BCUT2D eigenvalue weighted by atomic mass is 19.1. The van der Waals surface area contributed by atoms with Gasteiger partial charge in [0.2, 0.25) is 11.9 Å². The number of hydrogen-bond donors (Lipinski definition) is 0. The zero-order valence-electron chi connectivity index (χ0n) is 26.5. The molecule has 0 radical (unpaired) electrons. The average molecular weight is 597 g/mol. The highest BCUT2D eigenvalue weighted by molar-refractivity contribution is 6.02. The lowest BCUT2D eigenvalue weighted by Gasteiger charge is -2.45. The number of halogens is 1. The number of hydrogen-bond acceptors (Lipinski definition) is 7. The highest BCUT2D eigenvalue weighted by Gasteiger charge is 2.36. The van der Waals surface area contributed by atoms with Crippen LogP contribution in [-0.4, -0.2) is 93.9 Å². The molecule has 2 aliphatic heterocycles. The summed E-state index contributed by atoms with van der Waals surface area (Å²) in [5.74, 6) is 0.862. The lowest BCUT2D eigenvalue weighted by Crippen LogP contribution is -2.59. The van der Waals surface area contributed by atoms with Gasteiger partial charge in [-0.05, 0) is 77.9 Å². The summed E-state index contributed by atoms with van der Waals surface area (Å²) >= 11 is 0. The molecular formula is C34H41FN8O. The third-order valence-electron chi connectivity index (χ3n) is 9.80. The van der Waals surface area contributed by atoms with Crippen LogP contribution in [-0.2, 0) is 4.79 Å². The third kappa shape index (κ3) is 4.53. The zero-order valence-corrected chi connectivity index (χ0v) is 26.5. The maximum Gasteiger partial charge on any atom is 0.246 e. The van der Waals surface area contributed by atoms with E-state index in [0.717, 1.165) is 59.3 Å². The summed E-state index contributed by atoms with van der Waals surface area (Å²) in [5.41, 5.74) is 4.64. The summed E-state index contributed by atoms with van der Waals surface area (Å²) in [6.45, 7) is 14.5. The van der Waals surface area contributed by atoms with Gasteiger partial charge in [-0.1, -0.05) is 18.7 Å². The maximum atomic E-state index is 17.3. The zero-order chi connectivity index (χ0) is 31.0. The second-order valence-electron chi connectivity index (χ2n) is 13.2. The predicted octanol–water partition coefficient (Wildman–Crippen LogP) is 5.10. The number of aromatic nitrogens is 4. The number of piperazine rings is 1. The van der Waals surface area contributed by atoms with Crippen LogP contribution in [0.25, 0.3) is 32.9 Å². The molecule has 3 aliphatic rings. The van der Waals surface area contributed by atoms with E-state index in [2.05, 4.69) is 65.2 Å². The van der Waals surface area contributed by atoms with Crippen molar-refractivity contribution >= 4 is 39.5 Å². The fourth-order valence-electron chi connectivity index (χ4n) is 6.94. The van der Waals surface area contributed by atoms with E-state index >= 15 is 4.39 Å². The van der Waals surface area contributed by atoms with Crippen molar-refractivity contribution in [1.29, 1.82) is 0 Å². The van der Waals surface area contributed by atoms with Gasteiger partial charge in [0.25, 0.3) is 0 Å². The Labute approximate surface area is 257 Å². The van der Waals surface area contributed by atoms with Crippen molar-refractivity contribution < 1.29 is 9.18 Å². The van der Waals surface area contributed by atoms with Crippen LogP contribution in [0.5, 0.6) is 0 Å². The van der Waals surface area contributed by atoms with Gasteiger partial charge in [0.15, 0.2) is 5.82 Å². The van der Waals surface area contributed by atoms with Gasteiger partial charge < -0.3 is 19.6 Å². The molecule has 1 amide bonds. The van der Waals surface area contributed by atoms with Crippen molar-refractivity contribution in [3.63, 3.8) is 0 Å². The summed E-state index contributed by atoms with van der Waals surface area (Å²) < 4.78 is 19.3. The van der Waals surface area contributed by atoms with Crippen LogP contribution in [0.4, 0.5) is 16.2 Å². The molecule has 44 heavy (non-hydrogen) atoms. The van der Waals surface area contributed by atoms with Crippen molar-refractivity contribution in [2.24, 2.45) is 0 Å². The first kappa shape index (κ1) is 28.7. The van der Waals surface area contributed by atoms with Crippen molar-refractivity contribution in [3.8, 4) is 11.1 Å². The number of carbonyl (C=O) groups is 1. The summed E-state index contributed by atoms with van der Waals surface area (Å²) in [6, 6.07) is 6.87. The molecule has 230 valence electrons. The standard InChI is InChI=1S/C34H41FN8O/c1-8-27(44)41-15-22(5)42(16-21(41)4)33-26-13-20(3)28(29-19(2)9-10-23-14-36-43(32(23)29)24-11-12-24)30(35)31(26)37-34(38-33)40-17-25(18-40)39(6)7/h8-10,13-14,21-22,24-25H,1,11-12,15-18H2,2-7H3/t21-,22+/m1/s1. The van der Waals surface area contributed by atoms with E-state index in [1.165, 1.54) is 6.08 Å². The second kappa shape index (κ2) is 10.5. The van der Waals surface area contributed by atoms with Gasteiger partial charge in [0.1, 0.15) is 11.3 Å². The largest absolute Gasteiger partial charge is 0.349 e. The Bertz CT molecular complexity index is 1800. The topological polar surface area (TPSA) is 73.6 Å². The van der Waals surface area contributed by atoms with Crippen LogP contribution in [0.2, 0.25) is 0 Å². The first-order valence-corrected chi connectivity index (χ1v) is 15.7. The summed E-state index contributed by atoms with van der Waals surface area (Å²) in [5, 5.41) is 6.43. The Morgan fingerprint density at radius 3 is 2.45 bits per heavy atom. The van der Waals surface area contributed by atoms with Crippen LogP contribution in [0.15, 0.2) is 37.1 Å². The van der Waals surface area contributed by atoms with Crippen LogP contribution < -0.4 is 9.80 Å². The van der Waals surface area contributed by atoms with Crippen molar-refractivity contribution in [2.45, 2.75) is 64.7 Å². The van der Waals surface area contributed by atoms with Crippen LogP contribution in [0.1, 0.15) is 43.9 Å². The molecule has 1 saturated carbocycles. The average Bonchev–Trinajstić information content (AvgIpc) is 3.72. The summed E-state index contributed by atoms with van der Waals surface area (Å²) in [6.07, 6.45) is 5.46. The number of rotatable bonds is 6. The first-order valence-electron chi connectivity index (χ1n) is 15.7. The van der Waals surface area contributed by atoms with Gasteiger partial charge in [-0.2, -0.15) is 10.1 Å². The number of fused-ring (bicyclic) bond motifs is 2. The van der Waals surface area contributed by atoms with E-state index in [1.807, 2.05) is 31.9 Å². The van der Waals surface area contributed by atoms with Crippen LogP contribution >= 0.6 is 0 Å². The molecule has 4 heterocycles. The van der Waals surface area contributed by atoms with E-state index in [0.29, 0.717) is 47.6 Å². The fourth-order valence-corrected chi connectivity index (χ4v) is 6.94. The highest BCUT2D eigenvalue weighted by Crippen LogP contribution is 2.44. The maximum absolute atomic E-state index is 17.3. The minimum atomic E-state index is -0.324. The number of aryl methyl sites for hydroxylation is 2. The number of amides is 1. The second-order valence-corrected chi connectivity index (χ2v) is 13.2. The third-order valence-corrected chi connectivity index (χ3v) is 9.80. The van der Waals surface area contributed by atoms with Crippen LogP contribution in [0.3, 0.4) is 0 Å². The molecule has 2 aromatic carbocycles. The number of anilines is 2. The lowest BCUT2D eigenvalue weighted by molar-refractivity contribution is -0.128. The van der Waals surface area contributed by atoms with Gasteiger partial charge in [-0.15, -0.1) is 0 Å². The molecule has 0 N–H and O–H groups in total. The SMILES string of the molecule is C=CC(=O)N1C[C@H](C)N(c2nc(N3CC(N(C)C)C3)nc3c(F)c(-c4c(C)ccc5cnn(C6CC6)c45)c(C)cc23)C[C@H]1C. The van der Waals surface area contributed by atoms with E-state index in [1.54, 1.807) is 0 Å². The molecule has 3 fully saturated rings. The van der Waals surface area contributed by atoms with Gasteiger partial charge in [-0.3, -0.25) is 9.48 Å². The molecule has 2 aromatic heterocycles. The number of nitrogens with zero attached hydrogens (tertiary/aromatic N) is 8. The van der Waals surface area contributed by atoms with Gasteiger partial charge in [0.05, 0.1) is 17.8 Å². The monoisotopic (exact) mass is 596 g/mol. The molecule has 1 aliphatic carbocycles. The molecule has 0 spiro atoms. The smallest absolute Gasteiger partial charge is 0.246 e. The van der Waals surface area contributed by atoms with Gasteiger partial charge in [0, 0.05) is 66.2 Å². The lowest BCUT2D eigenvalue weighted by atomic mass is 9.92. The number of carbonyl (C=O) groups excluding carboxylic acids is 1. The first-order chi connectivity index (χ1) is 21.1. The minimum Gasteiger partial charge on any atom is -0.349 e. The van der Waals surface area contributed by atoms with Crippen molar-refractivity contribution in [3.05, 3.63) is 54.0 Å². The quantitative estimate of drug-likeness (QED) is 0.287. The fraction of sp³-hybridized carbons (Fsp3) is 0.471.